The average Bonchev–Trinajstić information content (AvgIpc) is 3.02. The van der Waals surface area contributed by atoms with Crippen LogP contribution in [-0.2, 0) is 14.3 Å². The second-order valence-corrected chi connectivity index (χ2v) is 6.65. The number of ether oxygens (including phenoxy) is 3. The summed E-state index contributed by atoms with van der Waals surface area (Å²) in [7, 11) is 3.05. The molecule has 0 spiro atoms. The predicted molar refractivity (Wildman–Crippen MR) is 113 cm³/mol. The van der Waals surface area contributed by atoms with Gasteiger partial charge in [-0.1, -0.05) is 0 Å². The fraction of sp³-hybridized carbons (Fsp3) is 0.261. The lowest BCUT2D eigenvalue weighted by molar-refractivity contribution is -0.122. The molecule has 2 amide bonds. The molecule has 0 aromatic heterocycles. The molecule has 1 aliphatic heterocycles. The van der Waals surface area contributed by atoms with Crippen molar-refractivity contribution in [2.24, 2.45) is 0 Å². The number of hydrogen-bond acceptors (Lipinski definition) is 6. The maximum absolute atomic E-state index is 13.3. The number of nitrogens with zero attached hydrogens (tertiary/aromatic N) is 1. The number of methoxy groups -OCH3 is 2. The Balaban J connectivity index is 2.33. The standard InChI is InChI=1S/C23H23NO6/c1-6-30-22(16-8-10-19(28-4)20(12-16)29-5)21-17-11-15(13(2)25)7-9-18(17)24(14(3)26)23(21)27/h7-12H,6H2,1-5H3. The van der Waals surface area contributed by atoms with E-state index in [1.807, 2.05) is 0 Å². The minimum absolute atomic E-state index is 0.144. The molecule has 0 N–H and O–H groups in total. The molecule has 156 valence electrons. The van der Waals surface area contributed by atoms with Gasteiger partial charge in [-0.3, -0.25) is 14.4 Å². The summed E-state index contributed by atoms with van der Waals surface area (Å²) >= 11 is 0. The van der Waals surface area contributed by atoms with Crippen LogP contribution in [0.15, 0.2) is 36.4 Å². The third-order valence-corrected chi connectivity index (χ3v) is 4.81. The van der Waals surface area contributed by atoms with Crippen LogP contribution in [0, 0.1) is 0 Å². The van der Waals surface area contributed by atoms with Crippen LogP contribution in [0.3, 0.4) is 0 Å². The Kier molecular flexibility index (Phi) is 5.91. The number of ketones is 1. The molecule has 1 heterocycles. The Morgan fingerprint density at radius 1 is 0.933 bits per heavy atom. The molecule has 0 atom stereocenters. The third-order valence-electron chi connectivity index (χ3n) is 4.81. The molecule has 0 fully saturated rings. The van der Waals surface area contributed by atoms with Gasteiger partial charge in [-0.25, -0.2) is 4.90 Å². The maximum atomic E-state index is 13.3. The Labute approximate surface area is 174 Å². The second-order valence-electron chi connectivity index (χ2n) is 6.65. The Morgan fingerprint density at radius 2 is 1.60 bits per heavy atom. The lowest BCUT2D eigenvalue weighted by Crippen LogP contribution is -2.31. The van der Waals surface area contributed by atoms with Crippen molar-refractivity contribution in [3.8, 4) is 11.5 Å². The summed E-state index contributed by atoms with van der Waals surface area (Å²) in [6.45, 7) is 4.86. The molecule has 7 nitrogen and oxygen atoms in total. The van der Waals surface area contributed by atoms with E-state index in [2.05, 4.69) is 0 Å². The van der Waals surface area contributed by atoms with Gasteiger partial charge in [0.1, 0.15) is 5.76 Å². The fourth-order valence-electron chi connectivity index (χ4n) is 3.44. The molecule has 30 heavy (non-hydrogen) atoms. The fourth-order valence-corrected chi connectivity index (χ4v) is 3.44. The van der Waals surface area contributed by atoms with E-state index in [1.165, 1.54) is 28.1 Å². The monoisotopic (exact) mass is 409 g/mol. The molecule has 0 unspecified atom stereocenters. The molecule has 3 rings (SSSR count). The Bertz CT molecular complexity index is 1070. The van der Waals surface area contributed by atoms with Gasteiger partial charge in [0.25, 0.3) is 5.91 Å². The number of fused-ring (bicyclic) bond motifs is 1. The van der Waals surface area contributed by atoms with E-state index in [0.29, 0.717) is 46.2 Å². The molecule has 0 saturated carbocycles. The molecule has 2 aromatic rings. The van der Waals surface area contributed by atoms with E-state index in [4.69, 9.17) is 14.2 Å². The lowest BCUT2D eigenvalue weighted by Gasteiger charge is -2.15. The summed E-state index contributed by atoms with van der Waals surface area (Å²) in [6, 6.07) is 9.99. The molecular formula is C23H23NO6. The van der Waals surface area contributed by atoms with Gasteiger partial charge in [0.15, 0.2) is 17.3 Å². The van der Waals surface area contributed by atoms with Gasteiger partial charge in [-0.05, 0) is 50.2 Å². The summed E-state index contributed by atoms with van der Waals surface area (Å²) < 4.78 is 16.5. The summed E-state index contributed by atoms with van der Waals surface area (Å²) in [5.74, 6) is 0.236. The van der Waals surface area contributed by atoms with Gasteiger partial charge >= 0.3 is 0 Å². The topological polar surface area (TPSA) is 82.1 Å². The van der Waals surface area contributed by atoms with E-state index >= 15 is 0 Å². The van der Waals surface area contributed by atoms with Gasteiger partial charge in [0.05, 0.1) is 32.1 Å². The first kappa shape index (κ1) is 21.1. The first-order valence-corrected chi connectivity index (χ1v) is 9.43. The van der Waals surface area contributed by atoms with Crippen LogP contribution in [-0.4, -0.2) is 38.4 Å². The number of benzene rings is 2. The number of rotatable bonds is 6. The largest absolute Gasteiger partial charge is 0.493 e. The van der Waals surface area contributed by atoms with Gasteiger partial charge < -0.3 is 14.2 Å². The smallest absolute Gasteiger partial charge is 0.269 e. The van der Waals surface area contributed by atoms with Gasteiger partial charge in [0, 0.05) is 23.6 Å². The van der Waals surface area contributed by atoms with Crippen molar-refractivity contribution in [2.45, 2.75) is 20.8 Å². The van der Waals surface area contributed by atoms with E-state index < -0.39 is 11.8 Å². The third kappa shape index (κ3) is 3.54. The number of imide groups is 1. The number of amides is 2. The van der Waals surface area contributed by atoms with Crippen LogP contribution in [0.5, 0.6) is 11.5 Å². The molecule has 7 heteroatoms. The highest BCUT2D eigenvalue weighted by Crippen LogP contribution is 2.43. The first-order chi connectivity index (χ1) is 14.3. The quantitative estimate of drug-likeness (QED) is 0.411. The Morgan fingerprint density at radius 3 is 2.17 bits per heavy atom. The molecule has 0 bridgehead atoms. The van der Waals surface area contributed by atoms with Crippen molar-refractivity contribution in [3.05, 3.63) is 53.1 Å². The van der Waals surface area contributed by atoms with Crippen molar-refractivity contribution >= 4 is 34.6 Å². The highest BCUT2D eigenvalue weighted by molar-refractivity contribution is 6.43. The highest BCUT2D eigenvalue weighted by Gasteiger charge is 2.38. The molecule has 2 aromatic carbocycles. The molecule has 1 aliphatic rings. The number of anilines is 1. The minimum atomic E-state index is -0.503. The van der Waals surface area contributed by atoms with Crippen LogP contribution in [0.2, 0.25) is 0 Å². The van der Waals surface area contributed by atoms with E-state index in [1.54, 1.807) is 43.3 Å². The van der Waals surface area contributed by atoms with Gasteiger partial charge in [-0.2, -0.15) is 0 Å². The van der Waals surface area contributed by atoms with Crippen molar-refractivity contribution in [2.75, 3.05) is 25.7 Å². The second kappa shape index (κ2) is 8.41. The average molecular weight is 409 g/mol. The molecule has 0 saturated heterocycles. The summed E-state index contributed by atoms with van der Waals surface area (Å²) in [5, 5.41) is 0. The maximum Gasteiger partial charge on any atom is 0.269 e. The van der Waals surface area contributed by atoms with E-state index in [9.17, 15) is 14.4 Å². The normalized spacial score (nSPS) is 14.3. The predicted octanol–water partition coefficient (Wildman–Crippen LogP) is 3.70. The van der Waals surface area contributed by atoms with Crippen LogP contribution >= 0.6 is 0 Å². The number of Topliss-reactive ketones (excluding diaryl/α,β-unsaturated/α-hetero) is 1. The van der Waals surface area contributed by atoms with Crippen LogP contribution in [0.4, 0.5) is 5.69 Å². The number of hydrogen-bond donors (Lipinski definition) is 0. The van der Waals surface area contributed by atoms with E-state index in [-0.39, 0.29) is 11.4 Å². The molecular weight excluding hydrogens is 386 g/mol. The van der Waals surface area contributed by atoms with Crippen molar-refractivity contribution in [1.82, 2.24) is 0 Å². The first-order valence-electron chi connectivity index (χ1n) is 9.43. The number of carbonyl (C=O) groups is 3. The summed E-state index contributed by atoms with van der Waals surface area (Å²) in [5.41, 5.74) is 2.14. The Hall–Kier alpha value is -3.61. The summed E-state index contributed by atoms with van der Waals surface area (Å²) in [6.07, 6.45) is 0. The van der Waals surface area contributed by atoms with Crippen LogP contribution in [0.1, 0.15) is 42.3 Å². The van der Waals surface area contributed by atoms with Crippen molar-refractivity contribution < 1.29 is 28.6 Å². The summed E-state index contributed by atoms with van der Waals surface area (Å²) in [4.78, 5) is 38.5. The molecule has 0 aliphatic carbocycles. The van der Waals surface area contributed by atoms with Crippen molar-refractivity contribution in [1.29, 1.82) is 0 Å². The van der Waals surface area contributed by atoms with Gasteiger partial charge in [0.2, 0.25) is 5.91 Å². The van der Waals surface area contributed by atoms with Crippen molar-refractivity contribution in [3.63, 3.8) is 0 Å². The zero-order valence-corrected chi connectivity index (χ0v) is 17.6. The highest BCUT2D eigenvalue weighted by atomic mass is 16.5. The van der Waals surface area contributed by atoms with E-state index in [0.717, 1.165) is 4.90 Å². The molecule has 0 radical (unpaired) electrons. The van der Waals surface area contributed by atoms with Crippen LogP contribution < -0.4 is 14.4 Å². The SMILES string of the molecule is CCOC(=C1C(=O)N(C(C)=O)c2ccc(C(C)=O)cc21)c1ccc(OC)c(OC)c1. The lowest BCUT2D eigenvalue weighted by atomic mass is 9.99. The van der Waals surface area contributed by atoms with Crippen LogP contribution in [0.25, 0.3) is 11.3 Å². The zero-order valence-electron chi connectivity index (χ0n) is 17.6. The minimum Gasteiger partial charge on any atom is -0.493 e. The number of carbonyl (C=O) groups excluding carboxylic acids is 3. The zero-order chi connectivity index (χ0) is 22.0. The van der Waals surface area contributed by atoms with Gasteiger partial charge in [-0.15, -0.1) is 0 Å².